The van der Waals surface area contributed by atoms with E-state index < -0.39 is 5.60 Å². The molecule has 3 heteroatoms. The van der Waals surface area contributed by atoms with Crippen molar-refractivity contribution in [2.45, 2.75) is 76.9 Å². The molecule has 0 aromatic heterocycles. The maximum Gasteiger partial charge on any atom is 0.0771 e. The second-order valence-corrected chi connectivity index (χ2v) is 7.49. The van der Waals surface area contributed by atoms with E-state index in [1.807, 2.05) is 0 Å². The molecule has 2 fully saturated rings. The van der Waals surface area contributed by atoms with Crippen molar-refractivity contribution >= 4 is 0 Å². The number of hydrogen-bond donors (Lipinski definition) is 2. The number of nitrogens with zero attached hydrogens (tertiary/aromatic N) is 1. The average molecular weight is 282 g/mol. The molecule has 0 spiro atoms. The molecule has 0 radical (unpaired) electrons. The lowest BCUT2D eigenvalue weighted by molar-refractivity contribution is 0.0201. The molecule has 0 bridgehead atoms. The normalized spacial score (nSPS) is 25.8. The molecule has 0 unspecified atom stereocenters. The minimum absolute atomic E-state index is 0.425. The fourth-order valence-corrected chi connectivity index (χ4v) is 3.73. The fourth-order valence-electron chi connectivity index (χ4n) is 3.73. The molecule has 0 aromatic rings. The Balaban J connectivity index is 1.67. The van der Waals surface area contributed by atoms with Crippen LogP contribution in [0.25, 0.3) is 0 Å². The molecule has 3 nitrogen and oxygen atoms in total. The number of nitrogens with one attached hydrogen (secondary N) is 1. The summed E-state index contributed by atoms with van der Waals surface area (Å²) in [4.78, 5) is 2.59. The number of piperidine rings is 1. The average Bonchev–Trinajstić information content (AvgIpc) is 2.63. The standard InChI is InChI=1S/C17H34N2O/c1-15(2)13-19-11-7-16(8-12-19)18-14-17(20)9-5-3-4-6-10-17/h15-16,18,20H,3-14H2,1-2H3. The smallest absolute Gasteiger partial charge is 0.0771 e. The first-order valence-corrected chi connectivity index (χ1v) is 8.75. The number of hydrogen-bond acceptors (Lipinski definition) is 3. The lowest BCUT2D eigenvalue weighted by Crippen LogP contribution is -2.48. The molecule has 2 N–H and O–H groups in total. The van der Waals surface area contributed by atoms with Gasteiger partial charge < -0.3 is 15.3 Å². The molecule has 0 amide bonds. The van der Waals surface area contributed by atoms with Crippen molar-refractivity contribution in [2.24, 2.45) is 5.92 Å². The van der Waals surface area contributed by atoms with Crippen LogP contribution in [0.15, 0.2) is 0 Å². The fraction of sp³-hybridized carbons (Fsp3) is 1.00. The molecule has 1 saturated carbocycles. The molecular formula is C17H34N2O. The largest absolute Gasteiger partial charge is 0.389 e. The molecule has 0 atom stereocenters. The van der Waals surface area contributed by atoms with Gasteiger partial charge in [-0.1, -0.05) is 39.5 Å². The summed E-state index contributed by atoms with van der Waals surface area (Å²) in [6.07, 6.45) is 9.46. The van der Waals surface area contributed by atoms with Crippen LogP contribution in [0.3, 0.4) is 0 Å². The Hall–Kier alpha value is -0.120. The van der Waals surface area contributed by atoms with Gasteiger partial charge in [0.1, 0.15) is 0 Å². The van der Waals surface area contributed by atoms with Gasteiger partial charge in [0.15, 0.2) is 0 Å². The quantitative estimate of drug-likeness (QED) is 0.761. The molecule has 2 aliphatic rings. The molecule has 1 aliphatic carbocycles. The van der Waals surface area contributed by atoms with E-state index in [2.05, 4.69) is 24.1 Å². The van der Waals surface area contributed by atoms with Gasteiger partial charge in [-0.3, -0.25) is 0 Å². The van der Waals surface area contributed by atoms with Crippen LogP contribution in [0.5, 0.6) is 0 Å². The van der Waals surface area contributed by atoms with Gasteiger partial charge in [0.05, 0.1) is 5.60 Å². The van der Waals surface area contributed by atoms with Crippen LogP contribution >= 0.6 is 0 Å². The topological polar surface area (TPSA) is 35.5 Å². The Morgan fingerprint density at radius 2 is 1.70 bits per heavy atom. The second kappa shape index (κ2) is 7.77. The van der Waals surface area contributed by atoms with Crippen molar-refractivity contribution in [3.63, 3.8) is 0 Å². The number of aliphatic hydroxyl groups is 1. The maximum absolute atomic E-state index is 10.7. The van der Waals surface area contributed by atoms with E-state index in [1.165, 1.54) is 58.2 Å². The van der Waals surface area contributed by atoms with E-state index in [9.17, 15) is 5.11 Å². The van der Waals surface area contributed by atoms with Crippen LogP contribution in [0, 0.1) is 5.92 Å². The van der Waals surface area contributed by atoms with E-state index in [0.717, 1.165) is 25.3 Å². The van der Waals surface area contributed by atoms with Crippen molar-refractivity contribution in [1.82, 2.24) is 10.2 Å². The summed E-state index contributed by atoms with van der Waals surface area (Å²) in [6.45, 7) is 9.07. The first-order valence-electron chi connectivity index (χ1n) is 8.75. The highest BCUT2D eigenvalue weighted by Gasteiger charge is 2.29. The van der Waals surface area contributed by atoms with Crippen molar-refractivity contribution in [3.8, 4) is 0 Å². The number of rotatable bonds is 5. The van der Waals surface area contributed by atoms with Crippen LogP contribution in [0.4, 0.5) is 0 Å². The highest BCUT2D eigenvalue weighted by atomic mass is 16.3. The van der Waals surface area contributed by atoms with Gasteiger partial charge in [0.25, 0.3) is 0 Å². The lowest BCUT2D eigenvalue weighted by Gasteiger charge is -2.35. The Morgan fingerprint density at radius 1 is 1.10 bits per heavy atom. The monoisotopic (exact) mass is 282 g/mol. The summed E-state index contributed by atoms with van der Waals surface area (Å²) >= 11 is 0. The van der Waals surface area contributed by atoms with E-state index in [4.69, 9.17) is 0 Å². The minimum Gasteiger partial charge on any atom is -0.389 e. The van der Waals surface area contributed by atoms with Crippen molar-refractivity contribution in [1.29, 1.82) is 0 Å². The van der Waals surface area contributed by atoms with Crippen LogP contribution in [-0.4, -0.2) is 47.8 Å². The van der Waals surface area contributed by atoms with Gasteiger partial charge in [-0.05, 0) is 44.7 Å². The highest BCUT2D eigenvalue weighted by molar-refractivity contribution is 4.86. The van der Waals surface area contributed by atoms with Crippen molar-refractivity contribution in [3.05, 3.63) is 0 Å². The molecule has 0 aromatic carbocycles. The molecule has 20 heavy (non-hydrogen) atoms. The third-order valence-corrected chi connectivity index (χ3v) is 4.96. The molecule has 118 valence electrons. The van der Waals surface area contributed by atoms with Crippen LogP contribution in [-0.2, 0) is 0 Å². The summed E-state index contributed by atoms with van der Waals surface area (Å²) in [5.41, 5.74) is -0.425. The minimum atomic E-state index is -0.425. The van der Waals surface area contributed by atoms with Crippen molar-refractivity contribution in [2.75, 3.05) is 26.2 Å². The van der Waals surface area contributed by atoms with Crippen LogP contribution < -0.4 is 5.32 Å². The van der Waals surface area contributed by atoms with Gasteiger partial charge >= 0.3 is 0 Å². The summed E-state index contributed by atoms with van der Waals surface area (Å²) in [7, 11) is 0. The zero-order chi connectivity index (χ0) is 14.4. The predicted octanol–water partition coefficient (Wildman–Crippen LogP) is 2.78. The molecule has 1 aliphatic heterocycles. The Morgan fingerprint density at radius 3 is 2.25 bits per heavy atom. The zero-order valence-corrected chi connectivity index (χ0v) is 13.5. The number of likely N-dealkylation sites (tertiary alicyclic amines) is 1. The maximum atomic E-state index is 10.7. The van der Waals surface area contributed by atoms with Crippen LogP contribution in [0.1, 0.15) is 65.2 Å². The van der Waals surface area contributed by atoms with Gasteiger partial charge in [0.2, 0.25) is 0 Å². The summed E-state index contributed by atoms with van der Waals surface area (Å²) < 4.78 is 0. The van der Waals surface area contributed by atoms with E-state index in [1.54, 1.807) is 0 Å². The van der Waals surface area contributed by atoms with Gasteiger partial charge in [-0.25, -0.2) is 0 Å². The van der Waals surface area contributed by atoms with Crippen molar-refractivity contribution < 1.29 is 5.11 Å². The summed E-state index contributed by atoms with van der Waals surface area (Å²) in [5.74, 6) is 0.770. The lowest BCUT2D eigenvalue weighted by atomic mass is 9.93. The second-order valence-electron chi connectivity index (χ2n) is 7.49. The van der Waals surface area contributed by atoms with Gasteiger partial charge in [0, 0.05) is 19.1 Å². The zero-order valence-electron chi connectivity index (χ0n) is 13.5. The Bertz CT molecular complexity index is 264. The first kappa shape index (κ1) is 16.3. The van der Waals surface area contributed by atoms with Gasteiger partial charge in [-0.2, -0.15) is 0 Å². The summed E-state index contributed by atoms with van der Waals surface area (Å²) in [6, 6.07) is 0.616. The van der Waals surface area contributed by atoms with Gasteiger partial charge in [-0.15, -0.1) is 0 Å². The van der Waals surface area contributed by atoms with E-state index >= 15 is 0 Å². The van der Waals surface area contributed by atoms with Crippen LogP contribution in [0.2, 0.25) is 0 Å². The molecule has 2 rings (SSSR count). The Kier molecular flexibility index (Phi) is 6.31. The van der Waals surface area contributed by atoms with E-state index in [-0.39, 0.29) is 0 Å². The first-order chi connectivity index (χ1) is 9.57. The summed E-state index contributed by atoms with van der Waals surface area (Å²) in [5, 5.41) is 14.3. The SMILES string of the molecule is CC(C)CN1CCC(NCC2(O)CCCCCC2)CC1. The Labute approximate surface area is 125 Å². The third kappa shape index (κ3) is 5.34. The predicted molar refractivity (Wildman–Crippen MR) is 85.0 cm³/mol. The van der Waals surface area contributed by atoms with E-state index in [0.29, 0.717) is 6.04 Å². The third-order valence-electron chi connectivity index (χ3n) is 4.96. The molecule has 1 heterocycles. The molecule has 1 saturated heterocycles. The highest BCUT2D eigenvalue weighted by Crippen LogP contribution is 2.26. The molecular weight excluding hydrogens is 248 g/mol.